The van der Waals surface area contributed by atoms with Gasteiger partial charge in [-0.05, 0) is 23.8 Å². The van der Waals surface area contributed by atoms with E-state index in [9.17, 15) is 8.42 Å². The Morgan fingerprint density at radius 1 is 1.35 bits per heavy atom. The van der Waals surface area contributed by atoms with E-state index in [1.165, 1.54) is 6.08 Å². The normalized spacial score (nSPS) is 11.5. The topological polar surface area (TPSA) is 70.0 Å². The van der Waals surface area contributed by atoms with Gasteiger partial charge in [-0.2, -0.15) is 5.26 Å². The average molecular weight is 271 g/mol. The number of hydrogen-bond acceptors (Lipinski definition) is 3. The fourth-order valence-electron chi connectivity index (χ4n) is 1.04. The minimum absolute atomic E-state index is 0.115. The Morgan fingerprint density at radius 3 is 2.59 bits per heavy atom. The summed E-state index contributed by atoms with van der Waals surface area (Å²) in [7, 11) is -3.48. The van der Waals surface area contributed by atoms with Gasteiger partial charge in [-0.3, -0.25) is 0 Å². The Morgan fingerprint density at radius 2 is 2.00 bits per heavy atom. The first-order chi connectivity index (χ1) is 8.03. The highest BCUT2D eigenvalue weighted by Gasteiger charge is 2.02. The third kappa shape index (κ3) is 5.50. The van der Waals surface area contributed by atoms with Gasteiger partial charge in [0.25, 0.3) is 0 Å². The summed E-state index contributed by atoms with van der Waals surface area (Å²) in [6, 6.07) is 8.63. The van der Waals surface area contributed by atoms with E-state index < -0.39 is 10.0 Å². The summed E-state index contributed by atoms with van der Waals surface area (Å²) >= 11 is 5.70. The van der Waals surface area contributed by atoms with Crippen molar-refractivity contribution in [2.45, 2.75) is 6.42 Å². The molecule has 0 heterocycles. The van der Waals surface area contributed by atoms with Crippen molar-refractivity contribution in [3.05, 3.63) is 40.3 Å². The van der Waals surface area contributed by atoms with Crippen LogP contribution in [-0.2, 0) is 10.0 Å². The molecule has 0 aliphatic rings. The Kier molecular flexibility index (Phi) is 5.16. The molecule has 6 heteroatoms. The maximum atomic E-state index is 11.4. The van der Waals surface area contributed by atoms with Crippen LogP contribution in [0.5, 0.6) is 0 Å². The van der Waals surface area contributed by atoms with Crippen LogP contribution in [0.1, 0.15) is 12.0 Å². The lowest BCUT2D eigenvalue weighted by Crippen LogP contribution is -2.21. The van der Waals surface area contributed by atoms with Crippen molar-refractivity contribution in [1.82, 2.24) is 4.72 Å². The van der Waals surface area contributed by atoms with Crippen LogP contribution >= 0.6 is 11.6 Å². The van der Waals surface area contributed by atoms with Crippen LogP contribution in [0.2, 0.25) is 5.02 Å². The van der Waals surface area contributed by atoms with Gasteiger partial charge in [0.15, 0.2) is 0 Å². The summed E-state index contributed by atoms with van der Waals surface area (Å²) < 4.78 is 25.1. The second kappa shape index (κ2) is 6.40. The first kappa shape index (κ1) is 13.7. The van der Waals surface area contributed by atoms with E-state index in [1.807, 2.05) is 6.07 Å². The molecule has 1 N–H and O–H groups in total. The van der Waals surface area contributed by atoms with E-state index in [1.54, 1.807) is 24.3 Å². The van der Waals surface area contributed by atoms with Crippen LogP contribution in [0.25, 0.3) is 6.08 Å². The molecule has 90 valence electrons. The number of halogens is 1. The first-order valence-corrected chi connectivity index (χ1v) is 6.76. The second-order valence-electron chi connectivity index (χ2n) is 3.20. The predicted octanol–water partition coefficient (Wildman–Crippen LogP) is 2.14. The van der Waals surface area contributed by atoms with E-state index in [0.717, 1.165) is 11.0 Å². The molecule has 0 unspecified atom stereocenters. The van der Waals surface area contributed by atoms with Crippen molar-refractivity contribution in [2.24, 2.45) is 0 Å². The van der Waals surface area contributed by atoms with Crippen LogP contribution in [0.4, 0.5) is 0 Å². The van der Waals surface area contributed by atoms with Crippen LogP contribution in [0.15, 0.2) is 29.7 Å². The van der Waals surface area contributed by atoms with E-state index in [0.29, 0.717) is 5.02 Å². The van der Waals surface area contributed by atoms with Crippen molar-refractivity contribution in [2.75, 3.05) is 6.54 Å². The Labute approximate surface area is 106 Å². The maximum absolute atomic E-state index is 11.4. The molecule has 0 saturated carbocycles. The molecule has 1 rings (SSSR count). The van der Waals surface area contributed by atoms with Gasteiger partial charge in [-0.25, -0.2) is 13.1 Å². The molecule has 4 nitrogen and oxygen atoms in total. The molecule has 0 aliphatic carbocycles. The van der Waals surface area contributed by atoms with Crippen molar-refractivity contribution in [1.29, 1.82) is 5.26 Å². The SMILES string of the molecule is N#CCCNS(=O)(=O)/C=C/c1ccc(Cl)cc1. The number of hydrogen-bond donors (Lipinski definition) is 1. The molecule has 1 aromatic rings. The lowest BCUT2D eigenvalue weighted by molar-refractivity contribution is 0.592. The fourth-order valence-corrected chi connectivity index (χ4v) is 1.98. The number of benzene rings is 1. The summed E-state index contributed by atoms with van der Waals surface area (Å²) in [4.78, 5) is 0. The summed E-state index contributed by atoms with van der Waals surface area (Å²) in [6.45, 7) is 0.115. The highest BCUT2D eigenvalue weighted by Crippen LogP contribution is 2.10. The monoisotopic (exact) mass is 270 g/mol. The Balaban J connectivity index is 2.64. The van der Waals surface area contributed by atoms with Gasteiger partial charge in [0, 0.05) is 23.4 Å². The molecule has 0 fully saturated rings. The number of nitrogens with zero attached hydrogens (tertiary/aromatic N) is 1. The van der Waals surface area contributed by atoms with Crippen molar-refractivity contribution < 1.29 is 8.42 Å². The third-order valence-corrected chi connectivity index (χ3v) is 3.20. The van der Waals surface area contributed by atoms with Gasteiger partial charge in [0.2, 0.25) is 10.0 Å². The second-order valence-corrected chi connectivity index (χ2v) is 5.29. The quantitative estimate of drug-likeness (QED) is 0.834. The van der Waals surface area contributed by atoms with Gasteiger partial charge >= 0.3 is 0 Å². The molecule has 0 saturated heterocycles. The van der Waals surface area contributed by atoms with Gasteiger partial charge in [-0.1, -0.05) is 23.7 Å². The molecule has 0 aromatic heterocycles. The van der Waals surface area contributed by atoms with Crippen LogP contribution in [0, 0.1) is 11.3 Å². The van der Waals surface area contributed by atoms with Crippen molar-refractivity contribution >= 4 is 27.7 Å². The van der Waals surface area contributed by atoms with Gasteiger partial charge < -0.3 is 0 Å². The number of rotatable bonds is 5. The minimum Gasteiger partial charge on any atom is -0.211 e. The summed E-state index contributed by atoms with van der Waals surface area (Å²) in [6.07, 6.45) is 1.61. The van der Waals surface area contributed by atoms with E-state index in [2.05, 4.69) is 4.72 Å². The zero-order valence-electron chi connectivity index (χ0n) is 8.93. The molecule has 17 heavy (non-hydrogen) atoms. The maximum Gasteiger partial charge on any atom is 0.233 e. The average Bonchev–Trinajstić information content (AvgIpc) is 2.29. The van der Waals surface area contributed by atoms with E-state index >= 15 is 0 Å². The molecule has 0 amide bonds. The van der Waals surface area contributed by atoms with E-state index in [-0.39, 0.29) is 13.0 Å². The first-order valence-electron chi connectivity index (χ1n) is 4.84. The molecular weight excluding hydrogens is 260 g/mol. The van der Waals surface area contributed by atoms with Gasteiger partial charge in [0.05, 0.1) is 6.07 Å². The Hall–Kier alpha value is -1.35. The zero-order chi connectivity index (χ0) is 12.7. The number of sulfonamides is 1. The zero-order valence-corrected chi connectivity index (χ0v) is 10.5. The lowest BCUT2D eigenvalue weighted by atomic mass is 10.2. The molecular formula is C11H11ClN2O2S. The van der Waals surface area contributed by atoms with Crippen LogP contribution in [0.3, 0.4) is 0 Å². The van der Waals surface area contributed by atoms with E-state index in [4.69, 9.17) is 16.9 Å². The molecule has 0 radical (unpaired) electrons. The van der Waals surface area contributed by atoms with Crippen molar-refractivity contribution in [3.8, 4) is 6.07 Å². The minimum atomic E-state index is -3.48. The van der Waals surface area contributed by atoms with Gasteiger partial charge in [-0.15, -0.1) is 0 Å². The summed E-state index contributed by atoms with van der Waals surface area (Å²) in [5.74, 6) is 0. The fraction of sp³-hybridized carbons (Fsp3) is 0.182. The van der Waals surface area contributed by atoms with Crippen LogP contribution < -0.4 is 4.72 Å². The standard InChI is InChI=1S/C11H11ClN2O2S/c12-11-4-2-10(3-5-11)6-9-17(15,16)14-8-1-7-13/h2-6,9,14H,1,8H2/b9-6+. The molecule has 0 atom stereocenters. The highest BCUT2D eigenvalue weighted by atomic mass is 35.5. The Bertz CT molecular complexity index is 530. The molecule has 0 aliphatic heterocycles. The summed E-state index contributed by atoms with van der Waals surface area (Å²) in [5, 5.41) is 9.94. The number of nitriles is 1. The van der Waals surface area contributed by atoms with Crippen LogP contribution in [-0.4, -0.2) is 15.0 Å². The van der Waals surface area contributed by atoms with Crippen molar-refractivity contribution in [3.63, 3.8) is 0 Å². The third-order valence-electron chi connectivity index (χ3n) is 1.85. The summed E-state index contributed by atoms with van der Waals surface area (Å²) in [5.41, 5.74) is 0.736. The smallest absolute Gasteiger partial charge is 0.211 e. The highest BCUT2D eigenvalue weighted by molar-refractivity contribution is 7.92. The van der Waals surface area contributed by atoms with Gasteiger partial charge in [0.1, 0.15) is 0 Å². The number of nitrogens with one attached hydrogen (secondary N) is 1. The lowest BCUT2D eigenvalue weighted by Gasteiger charge is -1.98. The largest absolute Gasteiger partial charge is 0.233 e. The molecule has 0 bridgehead atoms. The molecule has 1 aromatic carbocycles. The molecule has 0 spiro atoms. The predicted molar refractivity (Wildman–Crippen MR) is 67.6 cm³/mol.